The van der Waals surface area contributed by atoms with Gasteiger partial charge in [-0.1, -0.05) is 20.8 Å². The summed E-state index contributed by atoms with van der Waals surface area (Å²) in [6.45, 7) is 5.72. The van der Waals surface area contributed by atoms with Crippen molar-refractivity contribution in [2.45, 2.75) is 20.8 Å². The molecule has 0 aliphatic rings. The quantitative estimate of drug-likeness (QED) is 0.669. The Morgan fingerprint density at radius 2 is 2.07 bits per heavy atom. The number of Topliss-reactive ketones (excluding diaryl/α,β-unsaturated/α-hetero) is 1. The van der Waals surface area contributed by atoms with Gasteiger partial charge >= 0.3 is 0 Å². The van der Waals surface area contributed by atoms with Gasteiger partial charge in [0.25, 0.3) is 0 Å². The van der Waals surface area contributed by atoms with Crippen LogP contribution in [0.2, 0.25) is 0 Å². The summed E-state index contributed by atoms with van der Waals surface area (Å²) in [5.74, 6) is 0.118. The van der Waals surface area contributed by atoms with E-state index in [9.17, 15) is 4.79 Å². The lowest BCUT2D eigenvalue weighted by Crippen LogP contribution is -2.19. The second-order valence-electron chi connectivity index (χ2n) is 4.61. The number of nitrogens with zero attached hydrogens (tertiary/aromatic N) is 1. The number of carbonyl (C=O) groups excluding carboxylic acids is 1. The fraction of sp³-hybridized carbons (Fsp3) is 0.333. The van der Waals surface area contributed by atoms with Crippen LogP contribution in [0.1, 0.15) is 31.1 Å². The highest BCUT2D eigenvalue weighted by molar-refractivity contribution is 6.01. The highest BCUT2D eigenvalue weighted by atomic mass is 16.3. The molecule has 0 N–H and O–H groups in total. The summed E-state index contributed by atoms with van der Waals surface area (Å²) in [4.78, 5) is 16.0. The number of ketones is 1. The van der Waals surface area contributed by atoms with Crippen LogP contribution >= 0.6 is 0 Å². The molecular weight excluding hydrogens is 190 g/mol. The molecule has 3 nitrogen and oxygen atoms in total. The van der Waals surface area contributed by atoms with Gasteiger partial charge in [0.05, 0.1) is 0 Å². The van der Waals surface area contributed by atoms with Gasteiger partial charge in [-0.3, -0.25) is 4.79 Å². The minimum Gasteiger partial charge on any atom is -0.443 e. The summed E-state index contributed by atoms with van der Waals surface area (Å²) >= 11 is 0. The van der Waals surface area contributed by atoms with Crippen molar-refractivity contribution in [3.8, 4) is 0 Å². The van der Waals surface area contributed by atoms with Gasteiger partial charge in [-0.05, 0) is 18.2 Å². The third kappa shape index (κ3) is 1.77. The molecule has 2 aromatic rings. The average molecular weight is 203 g/mol. The van der Waals surface area contributed by atoms with E-state index in [1.54, 1.807) is 18.2 Å². The van der Waals surface area contributed by atoms with Crippen LogP contribution in [0.4, 0.5) is 0 Å². The van der Waals surface area contributed by atoms with Crippen LogP contribution < -0.4 is 0 Å². The van der Waals surface area contributed by atoms with Crippen LogP contribution in [0, 0.1) is 5.41 Å². The molecule has 0 bridgehead atoms. The van der Waals surface area contributed by atoms with E-state index < -0.39 is 0 Å². The summed E-state index contributed by atoms with van der Waals surface area (Å²) in [6, 6.07) is 5.33. The maximum absolute atomic E-state index is 12.0. The van der Waals surface area contributed by atoms with Gasteiger partial charge < -0.3 is 4.42 Å². The van der Waals surface area contributed by atoms with E-state index in [1.807, 2.05) is 20.8 Å². The Labute approximate surface area is 88.1 Å². The highest BCUT2D eigenvalue weighted by Crippen LogP contribution is 2.23. The van der Waals surface area contributed by atoms with Crippen molar-refractivity contribution in [2.24, 2.45) is 5.41 Å². The Bertz CT molecular complexity index is 506. The number of rotatable bonds is 1. The Balaban J connectivity index is 2.49. The lowest BCUT2D eigenvalue weighted by Gasteiger charge is -2.16. The summed E-state index contributed by atoms with van der Waals surface area (Å²) in [7, 11) is 0. The van der Waals surface area contributed by atoms with E-state index in [2.05, 4.69) is 4.98 Å². The molecule has 0 radical (unpaired) electrons. The van der Waals surface area contributed by atoms with Gasteiger partial charge in [-0.2, -0.15) is 0 Å². The molecule has 0 saturated heterocycles. The van der Waals surface area contributed by atoms with Crippen molar-refractivity contribution in [3.63, 3.8) is 0 Å². The molecule has 0 unspecified atom stereocenters. The zero-order valence-electron chi connectivity index (χ0n) is 9.07. The standard InChI is InChI=1S/C12H13NO2/c1-12(2,3)11(14)8-4-5-10-9(6-8)13-7-15-10/h4-7H,1-3H3. The predicted molar refractivity (Wildman–Crippen MR) is 57.8 cm³/mol. The number of hydrogen-bond donors (Lipinski definition) is 0. The lowest BCUT2D eigenvalue weighted by molar-refractivity contribution is 0.0858. The van der Waals surface area contributed by atoms with Crippen LogP contribution in [0.5, 0.6) is 0 Å². The van der Waals surface area contributed by atoms with Gasteiger partial charge in [0.2, 0.25) is 0 Å². The molecule has 1 aromatic carbocycles. The molecule has 0 fully saturated rings. The molecule has 2 rings (SSSR count). The smallest absolute Gasteiger partial charge is 0.181 e. The molecule has 0 spiro atoms. The molecule has 3 heteroatoms. The molecule has 0 aliphatic heterocycles. The second kappa shape index (κ2) is 3.19. The number of oxazole rings is 1. The average Bonchev–Trinajstić information content (AvgIpc) is 2.61. The zero-order chi connectivity index (χ0) is 11.1. The Hall–Kier alpha value is -1.64. The number of benzene rings is 1. The normalized spacial score (nSPS) is 11.9. The fourth-order valence-corrected chi connectivity index (χ4v) is 1.43. The molecular formula is C12H13NO2. The third-order valence-corrected chi connectivity index (χ3v) is 2.27. The van der Waals surface area contributed by atoms with Crippen LogP contribution in [-0.2, 0) is 0 Å². The summed E-state index contributed by atoms with van der Waals surface area (Å²) in [5.41, 5.74) is 1.76. The molecule has 0 amide bonds. The van der Waals surface area contributed by atoms with Crippen molar-refractivity contribution in [1.82, 2.24) is 4.98 Å². The lowest BCUT2D eigenvalue weighted by atomic mass is 9.86. The summed E-state index contributed by atoms with van der Waals surface area (Å²) in [6.07, 6.45) is 1.38. The monoisotopic (exact) mass is 203 g/mol. The van der Waals surface area contributed by atoms with Crippen LogP contribution in [-0.4, -0.2) is 10.8 Å². The number of carbonyl (C=O) groups is 1. The van der Waals surface area contributed by atoms with E-state index >= 15 is 0 Å². The van der Waals surface area contributed by atoms with E-state index in [4.69, 9.17) is 4.42 Å². The van der Waals surface area contributed by atoms with Crippen molar-refractivity contribution in [1.29, 1.82) is 0 Å². The van der Waals surface area contributed by atoms with E-state index in [0.717, 1.165) is 5.52 Å². The first-order valence-electron chi connectivity index (χ1n) is 4.86. The van der Waals surface area contributed by atoms with Gasteiger partial charge in [0, 0.05) is 11.0 Å². The molecule has 0 saturated carbocycles. The first-order valence-corrected chi connectivity index (χ1v) is 4.86. The number of hydrogen-bond acceptors (Lipinski definition) is 3. The molecule has 78 valence electrons. The SMILES string of the molecule is CC(C)(C)C(=O)c1ccc2ocnc2c1. The van der Waals surface area contributed by atoms with Gasteiger partial charge in [-0.25, -0.2) is 4.98 Å². The third-order valence-electron chi connectivity index (χ3n) is 2.27. The summed E-state index contributed by atoms with van der Waals surface area (Å²) in [5, 5.41) is 0. The summed E-state index contributed by atoms with van der Waals surface area (Å²) < 4.78 is 5.12. The van der Waals surface area contributed by atoms with Crippen LogP contribution in [0.15, 0.2) is 29.0 Å². The first kappa shape index (κ1) is 9.90. The van der Waals surface area contributed by atoms with Crippen molar-refractivity contribution < 1.29 is 9.21 Å². The molecule has 15 heavy (non-hydrogen) atoms. The zero-order valence-corrected chi connectivity index (χ0v) is 9.07. The molecule has 0 aliphatic carbocycles. The predicted octanol–water partition coefficient (Wildman–Crippen LogP) is 3.06. The fourth-order valence-electron chi connectivity index (χ4n) is 1.43. The minimum absolute atomic E-state index is 0.118. The number of aromatic nitrogens is 1. The van der Waals surface area contributed by atoms with Crippen LogP contribution in [0.25, 0.3) is 11.1 Å². The van der Waals surface area contributed by atoms with Crippen molar-refractivity contribution in [3.05, 3.63) is 30.2 Å². The molecule has 1 heterocycles. The van der Waals surface area contributed by atoms with Crippen molar-refractivity contribution >= 4 is 16.9 Å². The Morgan fingerprint density at radius 1 is 1.33 bits per heavy atom. The largest absolute Gasteiger partial charge is 0.443 e. The first-order chi connectivity index (χ1) is 6.98. The second-order valence-corrected chi connectivity index (χ2v) is 4.61. The van der Waals surface area contributed by atoms with E-state index in [1.165, 1.54) is 6.39 Å². The van der Waals surface area contributed by atoms with E-state index in [0.29, 0.717) is 11.1 Å². The Morgan fingerprint density at radius 3 is 2.73 bits per heavy atom. The highest BCUT2D eigenvalue weighted by Gasteiger charge is 2.23. The number of fused-ring (bicyclic) bond motifs is 1. The minimum atomic E-state index is -0.364. The van der Waals surface area contributed by atoms with Crippen molar-refractivity contribution in [2.75, 3.05) is 0 Å². The van der Waals surface area contributed by atoms with E-state index in [-0.39, 0.29) is 11.2 Å². The maximum Gasteiger partial charge on any atom is 0.181 e. The topological polar surface area (TPSA) is 43.1 Å². The Kier molecular flexibility index (Phi) is 2.11. The maximum atomic E-state index is 12.0. The molecule has 0 atom stereocenters. The molecule has 1 aromatic heterocycles. The van der Waals surface area contributed by atoms with Gasteiger partial charge in [0.1, 0.15) is 5.52 Å². The van der Waals surface area contributed by atoms with Gasteiger partial charge in [0.15, 0.2) is 17.8 Å². The van der Waals surface area contributed by atoms with Gasteiger partial charge in [-0.15, -0.1) is 0 Å². The van der Waals surface area contributed by atoms with Crippen LogP contribution in [0.3, 0.4) is 0 Å².